The van der Waals surface area contributed by atoms with Crippen molar-refractivity contribution in [1.82, 2.24) is 10.6 Å². The molecule has 0 atom stereocenters. The molecule has 0 aliphatic carbocycles. The van der Waals surface area contributed by atoms with E-state index in [4.69, 9.17) is 0 Å². The maximum Gasteiger partial charge on any atom is 0.314 e. The van der Waals surface area contributed by atoms with Crippen LogP contribution in [-0.2, 0) is 0 Å². The van der Waals surface area contributed by atoms with E-state index in [1.54, 1.807) is 7.05 Å². The summed E-state index contributed by atoms with van der Waals surface area (Å²) in [5.41, 5.74) is 0. The van der Waals surface area contributed by atoms with Crippen LogP contribution in [0.5, 0.6) is 0 Å². The summed E-state index contributed by atoms with van der Waals surface area (Å²) in [4.78, 5) is 10.9. The average molecular weight is 256 g/mol. The second-order valence-corrected chi connectivity index (χ2v) is 5.04. The Morgan fingerprint density at radius 2 is 1.22 bits per heavy atom. The third-order valence-electron chi connectivity index (χ3n) is 3.29. The fourth-order valence-electron chi connectivity index (χ4n) is 2.08. The summed E-state index contributed by atoms with van der Waals surface area (Å²) >= 11 is 0. The van der Waals surface area contributed by atoms with Crippen molar-refractivity contribution in [2.45, 2.75) is 77.6 Å². The Labute approximate surface area is 113 Å². The first-order chi connectivity index (χ1) is 8.81. The van der Waals surface area contributed by atoms with Crippen molar-refractivity contribution < 1.29 is 4.79 Å². The Morgan fingerprint density at radius 3 is 1.67 bits per heavy atom. The maximum atomic E-state index is 10.9. The molecule has 0 aliphatic rings. The first-order valence-corrected chi connectivity index (χ1v) is 7.76. The zero-order valence-corrected chi connectivity index (χ0v) is 12.4. The highest BCUT2D eigenvalue weighted by atomic mass is 16.2. The summed E-state index contributed by atoms with van der Waals surface area (Å²) in [5, 5.41) is 5.37. The molecule has 3 nitrogen and oxygen atoms in total. The number of urea groups is 1. The Kier molecular flexibility index (Phi) is 13.8. The van der Waals surface area contributed by atoms with Gasteiger partial charge in [0.25, 0.3) is 0 Å². The van der Waals surface area contributed by atoms with Crippen molar-refractivity contribution in [1.29, 1.82) is 0 Å². The summed E-state index contributed by atoms with van der Waals surface area (Å²) in [7, 11) is 1.65. The molecule has 0 unspecified atom stereocenters. The number of unbranched alkanes of at least 4 members (excludes halogenated alkanes) is 10. The number of carbonyl (C=O) groups excluding carboxylic acids is 1. The van der Waals surface area contributed by atoms with Gasteiger partial charge >= 0.3 is 6.03 Å². The van der Waals surface area contributed by atoms with Gasteiger partial charge in [0.1, 0.15) is 0 Å². The summed E-state index contributed by atoms with van der Waals surface area (Å²) in [6.07, 6.45) is 14.8. The number of hydrogen-bond donors (Lipinski definition) is 2. The fourth-order valence-corrected chi connectivity index (χ4v) is 2.08. The molecule has 0 radical (unpaired) electrons. The molecule has 2 N–H and O–H groups in total. The molecule has 0 aliphatic heterocycles. The molecular weight excluding hydrogens is 224 g/mol. The van der Waals surface area contributed by atoms with Gasteiger partial charge in [-0.15, -0.1) is 0 Å². The Hall–Kier alpha value is -0.730. The van der Waals surface area contributed by atoms with Gasteiger partial charge in [-0.1, -0.05) is 71.1 Å². The summed E-state index contributed by atoms with van der Waals surface area (Å²) in [6.45, 7) is 3.07. The zero-order valence-electron chi connectivity index (χ0n) is 12.4. The zero-order chi connectivity index (χ0) is 13.5. The normalized spacial score (nSPS) is 10.3. The average Bonchev–Trinajstić information content (AvgIpc) is 2.39. The first kappa shape index (κ1) is 17.3. The van der Waals surface area contributed by atoms with Gasteiger partial charge in [-0.05, 0) is 6.42 Å². The molecule has 0 aromatic rings. The third kappa shape index (κ3) is 13.3. The minimum atomic E-state index is -0.0675. The second-order valence-electron chi connectivity index (χ2n) is 5.04. The van der Waals surface area contributed by atoms with Crippen molar-refractivity contribution in [3.05, 3.63) is 0 Å². The minimum absolute atomic E-state index is 0.0675. The lowest BCUT2D eigenvalue weighted by Crippen LogP contribution is -2.33. The quantitative estimate of drug-likeness (QED) is 0.504. The van der Waals surface area contributed by atoms with Crippen molar-refractivity contribution in [2.24, 2.45) is 0 Å². The van der Waals surface area contributed by atoms with E-state index in [1.165, 1.54) is 64.2 Å². The van der Waals surface area contributed by atoms with Gasteiger partial charge < -0.3 is 10.6 Å². The Balaban J connectivity index is 2.97. The van der Waals surface area contributed by atoms with Crippen LogP contribution in [0.2, 0.25) is 0 Å². The highest BCUT2D eigenvalue weighted by molar-refractivity contribution is 5.73. The Morgan fingerprint density at radius 1 is 0.778 bits per heavy atom. The van der Waals surface area contributed by atoms with Crippen LogP contribution in [0, 0.1) is 0 Å². The lowest BCUT2D eigenvalue weighted by Gasteiger charge is -2.04. The van der Waals surface area contributed by atoms with Gasteiger partial charge in [0.15, 0.2) is 0 Å². The van der Waals surface area contributed by atoms with Crippen molar-refractivity contribution in [2.75, 3.05) is 13.6 Å². The van der Waals surface area contributed by atoms with Crippen molar-refractivity contribution >= 4 is 6.03 Å². The van der Waals surface area contributed by atoms with E-state index >= 15 is 0 Å². The molecule has 0 fully saturated rings. The molecule has 2 amide bonds. The van der Waals surface area contributed by atoms with E-state index in [-0.39, 0.29) is 6.03 Å². The highest BCUT2D eigenvalue weighted by Gasteiger charge is 1.95. The molecule has 0 saturated heterocycles. The lowest BCUT2D eigenvalue weighted by atomic mass is 10.1. The summed E-state index contributed by atoms with van der Waals surface area (Å²) in [6, 6.07) is -0.0675. The largest absolute Gasteiger partial charge is 0.341 e. The minimum Gasteiger partial charge on any atom is -0.341 e. The van der Waals surface area contributed by atoms with Crippen LogP contribution < -0.4 is 10.6 Å². The van der Waals surface area contributed by atoms with E-state index in [2.05, 4.69) is 17.6 Å². The number of nitrogens with one attached hydrogen (secondary N) is 2. The molecule has 0 spiro atoms. The molecule has 0 aromatic carbocycles. The molecule has 108 valence electrons. The van der Waals surface area contributed by atoms with E-state index < -0.39 is 0 Å². The standard InChI is InChI=1S/C15H32N2O/c1-3-4-5-6-7-8-9-10-11-12-13-14-17-15(18)16-2/h3-14H2,1-2H3,(H2,16,17,18). The van der Waals surface area contributed by atoms with Gasteiger partial charge in [0, 0.05) is 13.6 Å². The third-order valence-corrected chi connectivity index (χ3v) is 3.29. The summed E-state index contributed by atoms with van der Waals surface area (Å²) < 4.78 is 0. The summed E-state index contributed by atoms with van der Waals surface area (Å²) in [5.74, 6) is 0. The topological polar surface area (TPSA) is 41.1 Å². The smallest absolute Gasteiger partial charge is 0.314 e. The molecule has 0 rings (SSSR count). The van der Waals surface area contributed by atoms with Crippen LogP contribution in [0.3, 0.4) is 0 Å². The van der Waals surface area contributed by atoms with Gasteiger partial charge in [0.2, 0.25) is 0 Å². The number of hydrogen-bond acceptors (Lipinski definition) is 1. The van der Waals surface area contributed by atoms with Crippen molar-refractivity contribution in [3.8, 4) is 0 Å². The van der Waals surface area contributed by atoms with Crippen LogP contribution in [0.15, 0.2) is 0 Å². The van der Waals surface area contributed by atoms with Gasteiger partial charge in [-0.25, -0.2) is 4.79 Å². The number of rotatable bonds is 12. The van der Waals surface area contributed by atoms with Crippen LogP contribution in [0.1, 0.15) is 77.6 Å². The Bertz CT molecular complexity index is 183. The molecular formula is C15H32N2O. The lowest BCUT2D eigenvalue weighted by molar-refractivity contribution is 0.242. The van der Waals surface area contributed by atoms with Crippen LogP contribution in [0.4, 0.5) is 4.79 Å². The van der Waals surface area contributed by atoms with E-state index in [0.29, 0.717) is 0 Å². The van der Waals surface area contributed by atoms with E-state index in [9.17, 15) is 4.79 Å². The number of amides is 2. The van der Waals surface area contributed by atoms with Crippen LogP contribution in [0.25, 0.3) is 0 Å². The van der Waals surface area contributed by atoms with Gasteiger partial charge in [-0.2, -0.15) is 0 Å². The fraction of sp³-hybridized carbons (Fsp3) is 0.933. The van der Waals surface area contributed by atoms with Crippen LogP contribution >= 0.6 is 0 Å². The van der Waals surface area contributed by atoms with E-state index in [1.807, 2.05) is 0 Å². The predicted octanol–water partition coefficient (Wildman–Crippen LogP) is 4.23. The first-order valence-electron chi connectivity index (χ1n) is 7.76. The van der Waals surface area contributed by atoms with Gasteiger partial charge in [-0.3, -0.25) is 0 Å². The highest BCUT2D eigenvalue weighted by Crippen LogP contribution is 2.10. The molecule has 0 saturated carbocycles. The molecule has 0 aromatic heterocycles. The van der Waals surface area contributed by atoms with Crippen molar-refractivity contribution in [3.63, 3.8) is 0 Å². The SMILES string of the molecule is CCCCCCCCCCCCCNC(=O)NC. The molecule has 0 bridgehead atoms. The molecule has 3 heteroatoms. The maximum absolute atomic E-state index is 10.9. The van der Waals surface area contributed by atoms with Gasteiger partial charge in [0.05, 0.1) is 0 Å². The van der Waals surface area contributed by atoms with Crippen LogP contribution in [-0.4, -0.2) is 19.6 Å². The second kappa shape index (κ2) is 14.3. The predicted molar refractivity (Wildman–Crippen MR) is 78.9 cm³/mol. The monoisotopic (exact) mass is 256 g/mol. The molecule has 18 heavy (non-hydrogen) atoms. The molecule has 0 heterocycles. The number of carbonyl (C=O) groups is 1. The van der Waals surface area contributed by atoms with E-state index in [0.717, 1.165) is 13.0 Å².